The molecule has 1 fully saturated rings. The van der Waals surface area contributed by atoms with E-state index in [-0.39, 0.29) is 5.91 Å². The maximum absolute atomic E-state index is 11.8. The summed E-state index contributed by atoms with van der Waals surface area (Å²) in [7, 11) is 2.04. The number of hydrogen-bond donors (Lipinski definition) is 2. The van der Waals surface area contributed by atoms with Crippen molar-refractivity contribution in [2.75, 3.05) is 20.1 Å². The van der Waals surface area contributed by atoms with Crippen molar-refractivity contribution in [3.8, 4) is 0 Å². The fourth-order valence-electron chi connectivity index (χ4n) is 2.51. The first-order valence-corrected chi connectivity index (χ1v) is 6.71. The lowest BCUT2D eigenvalue weighted by molar-refractivity contribution is -0.122. The lowest BCUT2D eigenvalue weighted by atomic mass is 10.2. The molecular weight excluding hydrogens is 228 g/mol. The third kappa shape index (κ3) is 3.84. The number of rotatable bonds is 6. The number of imidazole rings is 1. The number of nitrogens with one attached hydrogen (secondary N) is 2. The number of nitrogens with zero attached hydrogens (tertiary/aromatic N) is 2. The quantitative estimate of drug-likeness (QED) is 0.790. The monoisotopic (exact) mass is 250 g/mol. The van der Waals surface area contributed by atoms with E-state index in [4.69, 9.17) is 0 Å². The first kappa shape index (κ1) is 13.1. The number of H-pyrrole nitrogens is 1. The summed E-state index contributed by atoms with van der Waals surface area (Å²) in [6.45, 7) is 1.15. The lowest BCUT2D eigenvalue weighted by Crippen LogP contribution is -2.40. The molecule has 0 unspecified atom stereocenters. The molecule has 1 amide bonds. The zero-order valence-electron chi connectivity index (χ0n) is 11.0. The fourth-order valence-corrected chi connectivity index (χ4v) is 2.51. The first-order valence-electron chi connectivity index (χ1n) is 6.71. The van der Waals surface area contributed by atoms with Crippen LogP contribution in [0.5, 0.6) is 0 Å². The third-order valence-corrected chi connectivity index (χ3v) is 3.58. The molecule has 0 saturated heterocycles. The van der Waals surface area contributed by atoms with Gasteiger partial charge >= 0.3 is 0 Å². The lowest BCUT2D eigenvalue weighted by Gasteiger charge is -2.23. The molecule has 0 atom stereocenters. The molecule has 2 N–H and O–H groups in total. The average molecular weight is 250 g/mol. The van der Waals surface area contributed by atoms with Crippen molar-refractivity contribution < 1.29 is 4.79 Å². The second-order valence-corrected chi connectivity index (χ2v) is 4.99. The number of amides is 1. The Hall–Kier alpha value is -1.36. The van der Waals surface area contributed by atoms with Crippen LogP contribution in [0.4, 0.5) is 0 Å². The molecule has 100 valence electrons. The minimum atomic E-state index is 0.107. The van der Waals surface area contributed by atoms with Crippen LogP contribution < -0.4 is 5.32 Å². The zero-order chi connectivity index (χ0) is 12.8. The zero-order valence-corrected chi connectivity index (χ0v) is 11.0. The van der Waals surface area contributed by atoms with Crippen LogP contribution in [-0.2, 0) is 11.2 Å². The van der Waals surface area contributed by atoms with Crippen LogP contribution in [0.15, 0.2) is 12.4 Å². The van der Waals surface area contributed by atoms with Crippen LogP contribution in [0.1, 0.15) is 31.5 Å². The van der Waals surface area contributed by atoms with Gasteiger partial charge in [-0.25, -0.2) is 4.98 Å². The van der Waals surface area contributed by atoms with E-state index in [1.807, 2.05) is 7.05 Å². The molecule has 0 radical (unpaired) electrons. The predicted octanol–water partition coefficient (Wildman–Crippen LogP) is 0.943. The normalized spacial score (nSPS) is 16.3. The highest BCUT2D eigenvalue weighted by Crippen LogP contribution is 2.21. The molecule has 1 saturated carbocycles. The van der Waals surface area contributed by atoms with E-state index in [0.717, 1.165) is 12.2 Å². The van der Waals surface area contributed by atoms with E-state index < -0.39 is 0 Å². The van der Waals surface area contributed by atoms with Crippen LogP contribution in [0, 0.1) is 0 Å². The predicted molar refractivity (Wildman–Crippen MR) is 70.2 cm³/mol. The van der Waals surface area contributed by atoms with Crippen LogP contribution in [0.2, 0.25) is 0 Å². The Bertz CT molecular complexity index is 357. The Morgan fingerprint density at radius 3 is 3.00 bits per heavy atom. The van der Waals surface area contributed by atoms with Gasteiger partial charge in [0.25, 0.3) is 0 Å². The molecule has 18 heavy (non-hydrogen) atoms. The maximum Gasteiger partial charge on any atom is 0.234 e. The van der Waals surface area contributed by atoms with Gasteiger partial charge in [-0.1, -0.05) is 12.8 Å². The highest BCUT2D eigenvalue weighted by Gasteiger charge is 2.20. The number of hydrogen-bond acceptors (Lipinski definition) is 3. The fraction of sp³-hybridized carbons (Fsp3) is 0.692. The molecule has 2 rings (SSSR count). The van der Waals surface area contributed by atoms with E-state index in [2.05, 4.69) is 20.2 Å². The molecule has 0 aromatic carbocycles. The van der Waals surface area contributed by atoms with E-state index in [0.29, 0.717) is 19.1 Å². The number of carbonyl (C=O) groups is 1. The van der Waals surface area contributed by atoms with Crippen LogP contribution in [-0.4, -0.2) is 47.0 Å². The third-order valence-electron chi connectivity index (χ3n) is 3.58. The van der Waals surface area contributed by atoms with Crippen LogP contribution in [0.25, 0.3) is 0 Å². The van der Waals surface area contributed by atoms with Crippen molar-refractivity contribution in [2.24, 2.45) is 0 Å². The van der Waals surface area contributed by atoms with Gasteiger partial charge in [0.15, 0.2) is 0 Å². The van der Waals surface area contributed by atoms with Crippen molar-refractivity contribution in [3.63, 3.8) is 0 Å². The molecule has 1 aliphatic carbocycles. The van der Waals surface area contributed by atoms with Gasteiger partial charge in [0, 0.05) is 31.4 Å². The SMILES string of the molecule is CN(CC(=O)NCCc1ncc[nH]1)C1CCCC1. The molecule has 0 bridgehead atoms. The van der Waals surface area contributed by atoms with Gasteiger partial charge in [0.1, 0.15) is 5.82 Å². The summed E-state index contributed by atoms with van der Waals surface area (Å²) in [6, 6.07) is 0.598. The molecule has 1 aromatic rings. The summed E-state index contributed by atoms with van der Waals surface area (Å²) in [5.41, 5.74) is 0. The van der Waals surface area contributed by atoms with Gasteiger partial charge in [-0.2, -0.15) is 0 Å². The van der Waals surface area contributed by atoms with Crippen molar-refractivity contribution >= 4 is 5.91 Å². The van der Waals surface area contributed by atoms with E-state index in [1.165, 1.54) is 25.7 Å². The minimum Gasteiger partial charge on any atom is -0.355 e. The van der Waals surface area contributed by atoms with Crippen molar-refractivity contribution in [3.05, 3.63) is 18.2 Å². The van der Waals surface area contributed by atoms with Gasteiger partial charge in [-0.15, -0.1) is 0 Å². The summed E-state index contributed by atoms with van der Waals surface area (Å²) < 4.78 is 0. The highest BCUT2D eigenvalue weighted by atomic mass is 16.2. The summed E-state index contributed by atoms with van der Waals surface area (Å²) >= 11 is 0. The Labute approximate surface area is 108 Å². The van der Waals surface area contributed by atoms with Crippen molar-refractivity contribution in [2.45, 2.75) is 38.1 Å². The first-order chi connectivity index (χ1) is 8.75. The Kier molecular flexibility index (Phi) is 4.75. The molecule has 5 nitrogen and oxygen atoms in total. The number of aromatic nitrogens is 2. The number of aromatic amines is 1. The molecule has 1 heterocycles. The van der Waals surface area contributed by atoms with Gasteiger partial charge in [0.05, 0.1) is 6.54 Å². The smallest absolute Gasteiger partial charge is 0.234 e. The van der Waals surface area contributed by atoms with Gasteiger partial charge in [-0.3, -0.25) is 9.69 Å². The summed E-state index contributed by atoms with van der Waals surface area (Å²) in [6.07, 6.45) is 9.35. The van der Waals surface area contributed by atoms with E-state index in [9.17, 15) is 4.79 Å². The largest absolute Gasteiger partial charge is 0.355 e. The molecule has 0 spiro atoms. The standard InChI is InChI=1S/C13H22N4O/c1-17(11-4-2-3-5-11)10-13(18)16-7-6-12-14-8-9-15-12/h8-9,11H,2-7,10H2,1H3,(H,14,15)(H,16,18). The molecule has 5 heteroatoms. The molecule has 1 aliphatic rings. The highest BCUT2D eigenvalue weighted by molar-refractivity contribution is 5.78. The van der Waals surface area contributed by atoms with Gasteiger partial charge < -0.3 is 10.3 Å². The number of carbonyl (C=O) groups excluding carboxylic acids is 1. The Morgan fingerprint density at radius 2 is 2.33 bits per heavy atom. The van der Waals surface area contributed by atoms with Crippen molar-refractivity contribution in [1.82, 2.24) is 20.2 Å². The molecule has 1 aromatic heterocycles. The second-order valence-electron chi connectivity index (χ2n) is 4.99. The Morgan fingerprint density at radius 1 is 1.56 bits per heavy atom. The van der Waals surface area contributed by atoms with E-state index in [1.54, 1.807) is 12.4 Å². The summed E-state index contributed by atoms with van der Waals surface area (Å²) in [4.78, 5) is 21.1. The molecule has 0 aliphatic heterocycles. The van der Waals surface area contributed by atoms with Gasteiger partial charge in [-0.05, 0) is 19.9 Å². The van der Waals surface area contributed by atoms with Crippen molar-refractivity contribution in [1.29, 1.82) is 0 Å². The van der Waals surface area contributed by atoms with Gasteiger partial charge in [0.2, 0.25) is 5.91 Å². The molecular formula is C13H22N4O. The maximum atomic E-state index is 11.8. The number of likely N-dealkylation sites (N-methyl/N-ethyl adjacent to an activating group) is 1. The Balaban J connectivity index is 1.62. The van der Waals surface area contributed by atoms with E-state index >= 15 is 0 Å². The average Bonchev–Trinajstić information content (AvgIpc) is 3.02. The topological polar surface area (TPSA) is 61.0 Å². The minimum absolute atomic E-state index is 0.107. The summed E-state index contributed by atoms with van der Waals surface area (Å²) in [5.74, 6) is 1.02. The summed E-state index contributed by atoms with van der Waals surface area (Å²) in [5, 5.41) is 2.93. The second kappa shape index (κ2) is 6.54. The van der Waals surface area contributed by atoms with Crippen LogP contribution >= 0.6 is 0 Å². The van der Waals surface area contributed by atoms with Crippen LogP contribution in [0.3, 0.4) is 0 Å².